The van der Waals surface area contributed by atoms with E-state index in [9.17, 15) is 4.79 Å². The van der Waals surface area contributed by atoms with E-state index in [1.807, 2.05) is 13.8 Å². The first-order valence-corrected chi connectivity index (χ1v) is 5.18. The van der Waals surface area contributed by atoms with Crippen molar-refractivity contribution in [3.8, 4) is 5.75 Å². The molecule has 15 heavy (non-hydrogen) atoms. The van der Waals surface area contributed by atoms with Gasteiger partial charge in [-0.15, -0.1) is 0 Å². The average Bonchev–Trinajstić information content (AvgIpc) is 2.10. The summed E-state index contributed by atoms with van der Waals surface area (Å²) in [5.74, 6) is 0.180. The molecule has 0 heterocycles. The van der Waals surface area contributed by atoms with E-state index in [-0.39, 0.29) is 11.8 Å². The van der Waals surface area contributed by atoms with Gasteiger partial charge in [-0.1, -0.05) is 29.3 Å². The summed E-state index contributed by atoms with van der Waals surface area (Å²) < 4.78 is 4.97. The number of halogens is 2. The summed E-state index contributed by atoms with van der Waals surface area (Å²) in [5, 5.41) is 3.18. The van der Waals surface area contributed by atoms with Crippen molar-refractivity contribution < 1.29 is 9.53 Å². The van der Waals surface area contributed by atoms with Gasteiger partial charge in [0, 0.05) is 6.04 Å². The van der Waals surface area contributed by atoms with Crippen LogP contribution in [-0.4, -0.2) is 12.1 Å². The van der Waals surface area contributed by atoms with Gasteiger partial charge in [-0.3, -0.25) is 0 Å². The summed E-state index contributed by atoms with van der Waals surface area (Å²) in [6, 6.07) is 4.88. The van der Waals surface area contributed by atoms with Gasteiger partial charge in [0.2, 0.25) is 0 Å². The van der Waals surface area contributed by atoms with Crippen LogP contribution in [0.25, 0.3) is 0 Å². The highest BCUT2D eigenvalue weighted by Crippen LogP contribution is 2.32. The summed E-state index contributed by atoms with van der Waals surface area (Å²) >= 11 is 11.6. The maximum Gasteiger partial charge on any atom is 0.412 e. The SMILES string of the molecule is CC(C)NC(=O)Oc1c(Cl)cccc1Cl. The van der Waals surface area contributed by atoms with Crippen LogP contribution in [0.1, 0.15) is 13.8 Å². The van der Waals surface area contributed by atoms with E-state index in [0.717, 1.165) is 0 Å². The number of carbonyl (C=O) groups is 1. The van der Waals surface area contributed by atoms with E-state index in [0.29, 0.717) is 10.0 Å². The van der Waals surface area contributed by atoms with Crippen LogP contribution < -0.4 is 10.1 Å². The van der Waals surface area contributed by atoms with Gasteiger partial charge in [-0.25, -0.2) is 4.79 Å². The predicted octanol–water partition coefficient (Wildman–Crippen LogP) is 3.49. The van der Waals surface area contributed by atoms with Gasteiger partial charge >= 0.3 is 6.09 Å². The molecule has 0 aliphatic carbocycles. The van der Waals surface area contributed by atoms with Gasteiger partial charge in [0.1, 0.15) is 0 Å². The lowest BCUT2D eigenvalue weighted by atomic mass is 10.3. The Morgan fingerprint density at radius 3 is 2.33 bits per heavy atom. The molecule has 0 unspecified atom stereocenters. The van der Waals surface area contributed by atoms with Crippen molar-refractivity contribution in [2.45, 2.75) is 19.9 Å². The number of nitrogens with one attached hydrogen (secondary N) is 1. The summed E-state index contributed by atoms with van der Waals surface area (Å²) in [6.45, 7) is 3.66. The monoisotopic (exact) mass is 247 g/mol. The number of amides is 1. The zero-order valence-corrected chi connectivity index (χ0v) is 9.89. The fourth-order valence-corrected chi connectivity index (χ4v) is 1.41. The van der Waals surface area contributed by atoms with Gasteiger partial charge in [-0.2, -0.15) is 0 Å². The Bertz CT molecular complexity index is 346. The third-order valence-corrected chi connectivity index (χ3v) is 2.12. The fourth-order valence-electron chi connectivity index (χ4n) is 0.938. The number of ether oxygens (including phenoxy) is 1. The molecule has 0 aliphatic rings. The third-order valence-electron chi connectivity index (χ3n) is 1.52. The molecule has 5 heteroatoms. The number of hydrogen-bond donors (Lipinski definition) is 1. The lowest BCUT2D eigenvalue weighted by Crippen LogP contribution is -2.32. The third kappa shape index (κ3) is 3.61. The van der Waals surface area contributed by atoms with E-state index >= 15 is 0 Å². The zero-order valence-electron chi connectivity index (χ0n) is 8.38. The van der Waals surface area contributed by atoms with Gasteiger partial charge < -0.3 is 10.1 Å². The summed E-state index contributed by atoms with van der Waals surface area (Å²) in [5.41, 5.74) is 0. The molecule has 0 bridgehead atoms. The minimum Gasteiger partial charge on any atom is -0.407 e. The number of carbonyl (C=O) groups excluding carboxylic acids is 1. The molecule has 3 nitrogen and oxygen atoms in total. The lowest BCUT2D eigenvalue weighted by Gasteiger charge is -2.10. The largest absolute Gasteiger partial charge is 0.412 e. The maximum atomic E-state index is 11.3. The molecule has 0 fully saturated rings. The van der Waals surface area contributed by atoms with Gasteiger partial charge in [0.05, 0.1) is 10.0 Å². The van der Waals surface area contributed by atoms with E-state index in [1.54, 1.807) is 18.2 Å². The van der Waals surface area contributed by atoms with Crippen LogP contribution in [-0.2, 0) is 0 Å². The van der Waals surface area contributed by atoms with Crippen molar-refractivity contribution in [2.24, 2.45) is 0 Å². The van der Waals surface area contributed by atoms with Crippen LogP contribution in [0.15, 0.2) is 18.2 Å². The Hall–Kier alpha value is -0.930. The second kappa shape index (κ2) is 5.24. The molecule has 0 spiro atoms. The smallest absolute Gasteiger partial charge is 0.407 e. The molecular weight excluding hydrogens is 237 g/mol. The molecular formula is C10H11Cl2NO2. The molecule has 0 radical (unpaired) electrons. The normalized spacial score (nSPS) is 10.2. The molecule has 0 aromatic heterocycles. The Kier molecular flexibility index (Phi) is 4.24. The summed E-state index contributed by atoms with van der Waals surface area (Å²) in [4.78, 5) is 11.3. The van der Waals surface area contributed by atoms with Crippen molar-refractivity contribution in [2.75, 3.05) is 0 Å². The van der Waals surface area contributed by atoms with Crippen LogP contribution in [0.3, 0.4) is 0 Å². The highest BCUT2D eigenvalue weighted by atomic mass is 35.5. The molecule has 1 aromatic carbocycles. The van der Waals surface area contributed by atoms with E-state index < -0.39 is 6.09 Å². The van der Waals surface area contributed by atoms with Gasteiger partial charge in [0.15, 0.2) is 5.75 Å². The summed E-state index contributed by atoms with van der Waals surface area (Å²) in [6.07, 6.45) is -0.569. The van der Waals surface area contributed by atoms with E-state index in [1.165, 1.54) is 0 Å². The number of benzene rings is 1. The van der Waals surface area contributed by atoms with Crippen LogP contribution >= 0.6 is 23.2 Å². The van der Waals surface area contributed by atoms with Crippen LogP contribution in [0.5, 0.6) is 5.75 Å². The first kappa shape index (κ1) is 12.1. The Labute approximate surface area is 98.3 Å². The second-order valence-corrected chi connectivity index (χ2v) is 4.05. The highest BCUT2D eigenvalue weighted by molar-refractivity contribution is 6.37. The number of hydrogen-bond acceptors (Lipinski definition) is 2. The molecule has 82 valence electrons. The molecule has 0 saturated heterocycles. The molecule has 0 saturated carbocycles. The topological polar surface area (TPSA) is 38.3 Å². The molecule has 1 N–H and O–H groups in total. The molecule has 0 atom stereocenters. The van der Waals surface area contributed by atoms with Crippen molar-refractivity contribution in [1.29, 1.82) is 0 Å². The van der Waals surface area contributed by atoms with Crippen molar-refractivity contribution >= 4 is 29.3 Å². The molecule has 1 aromatic rings. The van der Waals surface area contributed by atoms with Crippen molar-refractivity contribution in [1.82, 2.24) is 5.32 Å². The second-order valence-electron chi connectivity index (χ2n) is 3.24. The lowest BCUT2D eigenvalue weighted by molar-refractivity contribution is 0.198. The van der Waals surface area contributed by atoms with Crippen LogP contribution in [0.2, 0.25) is 10.0 Å². The standard InChI is InChI=1S/C10H11Cl2NO2/c1-6(2)13-10(14)15-9-7(11)4-3-5-8(9)12/h3-6H,1-2H3,(H,13,14). The first-order valence-electron chi connectivity index (χ1n) is 4.43. The molecule has 0 aliphatic heterocycles. The quantitative estimate of drug-likeness (QED) is 0.869. The number of para-hydroxylation sites is 1. The minimum absolute atomic E-state index is 0.00115. The number of rotatable bonds is 2. The predicted molar refractivity (Wildman–Crippen MR) is 60.8 cm³/mol. The first-order chi connectivity index (χ1) is 7.00. The molecule has 1 amide bonds. The van der Waals surface area contributed by atoms with E-state index in [2.05, 4.69) is 5.32 Å². The zero-order chi connectivity index (χ0) is 11.4. The Balaban J connectivity index is 2.76. The Morgan fingerprint density at radius 1 is 1.33 bits per heavy atom. The highest BCUT2D eigenvalue weighted by Gasteiger charge is 2.12. The van der Waals surface area contributed by atoms with Crippen LogP contribution in [0, 0.1) is 0 Å². The average molecular weight is 248 g/mol. The van der Waals surface area contributed by atoms with Crippen molar-refractivity contribution in [3.63, 3.8) is 0 Å². The Morgan fingerprint density at radius 2 is 1.87 bits per heavy atom. The minimum atomic E-state index is -0.569. The molecule has 1 rings (SSSR count). The van der Waals surface area contributed by atoms with Crippen LogP contribution in [0.4, 0.5) is 4.79 Å². The fraction of sp³-hybridized carbons (Fsp3) is 0.300. The maximum absolute atomic E-state index is 11.3. The summed E-state index contributed by atoms with van der Waals surface area (Å²) in [7, 11) is 0. The van der Waals surface area contributed by atoms with Gasteiger partial charge in [-0.05, 0) is 26.0 Å². The van der Waals surface area contributed by atoms with Gasteiger partial charge in [0.25, 0.3) is 0 Å². The van der Waals surface area contributed by atoms with E-state index in [4.69, 9.17) is 27.9 Å². The van der Waals surface area contributed by atoms with Crippen molar-refractivity contribution in [3.05, 3.63) is 28.2 Å².